The van der Waals surface area contributed by atoms with Crippen molar-refractivity contribution in [3.63, 3.8) is 0 Å². The van der Waals surface area contributed by atoms with Crippen LogP contribution in [-0.2, 0) is 16.0 Å². The van der Waals surface area contributed by atoms with E-state index < -0.39 is 12.0 Å². The number of carbonyl (C=O) groups excluding carboxylic acids is 2. The SMILES string of the molecule is O=C(N[C@H](CNCC(=O)N1CCC[C@H]1C(=O)O)Cc1ccccc1)c1ccccc1. The largest absolute Gasteiger partial charge is 0.480 e. The highest BCUT2D eigenvalue weighted by molar-refractivity contribution is 5.94. The Bertz CT molecular complexity index is 857. The van der Waals surface area contributed by atoms with E-state index in [4.69, 9.17) is 0 Å². The number of carbonyl (C=O) groups is 3. The van der Waals surface area contributed by atoms with Crippen LogP contribution < -0.4 is 10.6 Å². The van der Waals surface area contributed by atoms with Gasteiger partial charge in [0.1, 0.15) is 6.04 Å². The summed E-state index contributed by atoms with van der Waals surface area (Å²) in [5, 5.41) is 15.4. The molecule has 158 valence electrons. The number of nitrogens with zero attached hydrogens (tertiary/aromatic N) is 1. The van der Waals surface area contributed by atoms with Crippen LogP contribution in [0.3, 0.4) is 0 Å². The molecule has 0 bridgehead atoms. The maximum absolute atomic E-state index is 12.6. The molecule has 1 aliphatic rings. The third kappa shape index (κ3) is 5.90. The molecule has 1 aliphatic heterocycles. The Hall–Kier alpha value is -3.19. The maximum atomic E-state index is 12.6. The predicted octanol–water partition coefficient (Wildman–Crippen LogP) is 1.69. The number of carboxylic acid groups (broad SMARTS) is 1. The van der Waals surface area contributed by atoms with Crippen molar-refractivity contribution in [2.45, 2.75) is 31.3 Å². The second kappa shape index (κ2) is 10.5. The van der Waals surface area contributed by atoms with E-state index in [-0.39, 0.29) is 24.4 Å². The van der Waals surface area contributed by atoms with Gasteiger partial charge in [-0.1, -0.05) is 48.5 Å². The van der Waals surface area contributed by atoms with Crippen molar-refractivity contribution >= 4 is 17.8 Å². The molecule has 3 rings (SSSR count). The van der Waals surface area contributed by atoms with Crippen LogP contribution in [-0.4, -0.2) is 59.5 Å². The van der Waals surface area contributed by atoms with Crippen LogP contribution in [0.25, 0.3) is 0 Å². The monoisotopic (exact) mass is 409 g/mol. The Balaban J connectivity index is 1.58. The van der Waals surface area contributed by atoms with Crippen LogP contribution in [0.2, 0.25) is 0 Å². The molecule has 0 spiro atoms. The van der Waals surface area contributed by atoms with E-state index in [1.54, 1.807) is 12.1 Å². The van der Waals surface area contributed by atoms with Gasteiger partial charge >= 0.3 is 5.97 Å². The third-order valence-electron chi connectivity index (χ3n) is 5.22. The normalized spacial score (nSPS) is 16.8. The minimum atomic E-state index is -0.960. The number of nitrogens with one attached hydrogen (secondary N) is 2. The fourth-order valence-corrected chi connectivity index (χ4v) is 3.71. The first-order valence-electron chi connectivity index (χ1n) is 10.2. The molecule has 0 saturated carbocycles. The van der Waals surface area contributed by atoms with E-state index >= 15 is 0 Å². The maximum Gasteiger partial charge on any atom is 0.326 e. The van der Waals surface area contributed by atoms with Crippen molar-refractivity contribution in [2.75, 3.05) is 19.6 Å². The van der Waals surface area contributed by atoms with E-state index in [9.17, 15) is 19.5 Å². The summed E-state index contributed by atoms with van der Waals surface area (Å²) in [6.45, 7) is 0.900. The number of aliphatic carboxylic acids is 1. The summed E-state index contributed by atoms with van der Waals surface area (Å²) >= 11 is 0. The molecule has 30 heavy (non-hydrogen) atoms. The Kier molecular flexibility index (Phi) is 7.57. The molecule has 1 heterocycles. The van der Waals surface area contributed by atoms with Crippen molar-refractivity contribution in [1.82, 2.24) is 15.5 Å². The highest BCUT2D eigenvalue weighted by Gasteiger charge is 2.33. The van der Waals surface area contributed by atoms with Gasteiger partial charge in [-0.3, -0.25) is 9.59 Å². The second-order valence-electron chi connectivity index (χ2n) is 7.44. The van der Waals surface area contributed by atoms with Gasteiger partial charge < -0.3 is 20.6 Å². The van der Waals surface area contributed by atoms with Gasteiger partial charge in [0.15, 0.2) is 0 Å². The molecule has 2 amide bonds. The minimum absolute atomic E-state index is 0.0380. The molecule has 0 aliphatic carbocycles. The molecule has 3 N–H and O–H groups in total. The number of amides is 2. The van der Waals surface area contributed by atoms with Crippen LogP contribution in [0, 0.1) is 0 Å². The number of likely N-dealkylation sites (tertiary alicyclic amines) is 1. The van der Waals surface area contributed by atoms with Gasteiger partial charge in [-0.2, -0.15) is 0 Å². The molecule has 7 nitrogen and oxygen atoms in total. The summed E-state index contributed by atoms with van der Waals surface area (Å²) in [4.78, 5) is 37.8. The Morgan fingerprint density at radius 2 is 1.70 bits per heavy atom. The summed E-state index contributed by atoms with van der Waals surface area (Å²) in [6, 6.07) is 17.9. The number of hydrogen-bond acceptors (Lipinski definition) is 4. The lowest BCUT2D eigenvalue weighted by atomic mass is 10.1. The quantitative estimate of drug-likeness (QED) is 0.586. The number of carboxylic acids is 1. The van der Waals surface area contributed by atoms with Gasteiger partial charge in [0.05, 0.1) is 6.54 Å². The highest BCUT2D eigenvalue weighted by atomic mass is 16.4. The molecular weight excluding hydrogens is 382 g/mol. The van der Waals surface area contributed by atoms with Crippen LogP contribution in [0.15, 0.2) is 60.7 Å². The Morgan fingerprint density at radius 3 is 2.37 bits per heavy atom. The van der Waals surface area contributed by atoms with Crippen LogP contribution in [0.5, 0.6) is 0 Å². The van der Waals surface area contributed by atoms with Crippen molar-refractivity contribution in [1.29, 1.82) is 0 Å². The zero-order valence-corrected chi connectivity index (χ0v) is 16.8. The average Bonchev–Trinajstić information content (AvgIpc) is 3.25. The molecule has 0 radical (unpaired) electrons. The van der Waals surface area contributed by atoms with Gasteiger partial charge in [0, 0.05) is 24.7 Å². The Morgan fingerprint density at radius 1 is 1.03 bits per heavy atom. The van der Waals surface area contributed by atoms with Crippen molar-refractivity contribution in [3.05, 3.63) is 71.8 Å². The molecular formula is C23H27N3O4. The van der Waals surface area contributed by atoms with Gasteiger partial charge in [-0.15, -0.1) is 0 Å². The van der Waals surface area contributed by atoms with Crippen LogP contribution >= 0.6 is 0 Å². The smallest absolute Gasteiger partial charge is 0.326 e. The molecule has 0 aromatic heterocycles. The summed E-state index contributed by atoms with van der Waals surface area (Å²) in [6.07, 6.45) is 1.80. The van der Waals surface area contributed by atoms with Crippen molar-refractivity contribution in [2.24, 2.45) is 0 Å². The third-order valence-corrected chi connectivity index (χ3v) is 5.22. The van der Waals surface area contributed by atoms with Crippen molar-refractivity contribution in [3.8, 4) is 0 Å². The number of hydrogen-bond donors (Lipinski definition) is 3. The summed E-state index contributed by atoms with van der Waals surface area (Å²) < 4.78 is 0. The van der Waals surface area contributed by atoms with E-state index in [1.807, 2.05) is 48.5 Å². The summed E-state index contributed by atoms with van der Waals surface area (Å²) in [5.41, 5.74) is 1.66. The summed E-state index contributed by atoms with van der Waals surface area (Å²) in [7, 11) is 0. The minimum Gasteiger partial charge on any atom is -0.480 e. The zero-order valence-electron chi connectivity index (χ0n) is 16.8. The van der Waals surface area contributed by atoms with E-state index in [1.165, 1.54) is 4.90 Å². The summed E-state index contributed by atoms with van der Waals surface area (Å²) in [5.74, 6) is -1.36. The molecule has 2 aromatic carbocycles. The van der Waals surface area contributed by atoms with Gasteiger partial charge in [0.2, 0.25) is 5.91 Å². The topological polar surface area (TPSA) is 98.7 Å². The highest BCUT2D eigenvalue weighted by Crippen LogP contribution is 2.17. The number of benzene rings is 2. The molecule has 2 aromatic rings. The lowest BCUT2D eigenvalue weighted by molar-refractivity contribution is -0.147. The van der Waals surface area contributed by atoms with E-state index in [2.05, 4.69) is 10.6 Å². The molecule has 0 unspecified atom stereocenters. The lowest BCUT2D eigenvalue weighted by Gasteiger charge is -2.23. The van der Waals surface area contributed by atoms with Crippen LogP contribution in [0.4, 0.5) is 0 Å². The van der Waals surface area contributed by atoms with Crippen molar-refractivity contribution < 1.29 is 19.5 Å². The van der Waals surface area contributed by atoms with E-state index in [0.717, 1.165) is 5.56 Å². The van der Waals surface area contributed by atoms with Gasteiger partial charge in [-0.05, 0) is 37.0 Å². The zero-order chi connectivity index (χ0) is 21.3. The first kappa shape index (κ1) is 21.5. The van der Waals surface area contributed by atoms with E-state index in [0.29, 0.717) is 37.9 Å². The van der Waals surface area contributed by atoms with Crippen LogP contribution in [0.1, 0.15) is 28.8 Å². The first-order chi connectivity index (χ1) is 14.5. The van der Waals surface area contributed by atoms with Gasteiger partial charge in [-0.25, -0.2) is 4.79 Å². The number of rotatable bonds is 9. The average molecular weight is 409 g/mol. The lowest BCUT2D eigenvalue weighted by Crippen LogP contribution is -2.48. The molecule has 2 atom stereocenters. The molecule has 1 fully saturated rings. The van der Waals surface area contributed by atoms with Gasteiger partial charge in [0.25, 0.3) is 5.91 Å². The molecule has 1 saturated heterocycles. The fraction of sp³-hybridized carbons (Fsp3) is 0.348. The standard InChI is InChI=1S/C23H27N3O4/c27-21(26-13-7-12-20(26)23(29)30)16-24-15-19(14-17-8-3-1-4-9-17)25-22(28)18-10-5-2-6-11-18/h1-6,8-11,19-20,24H,7,12-16H2,(H,25,28)(H,29,30)/t19-,20-/m0/s1. The fourth-order valence-electron chi connectivity index (χ4n) is 3.71. The first-order valence-corrected chi connectivity index (χ1v) is 10.2. The molecule has 7 heteroatoms. The second-order valence-corrected chi connectivity index (χ2v) is 7.44. The Labute approximate surface area is 176 Å². The predicted molar refractivity (Wildman–Crippen MR) is 113 cm³/mol.